The minimum atomic E-state index is -0.0458. The Labute approximate surface area is 127 Å². The molecule has 0 fully saturated rings. The van der Waals surface area contributed by atoms with Gasteiger partial charge >= 0.3 is 0 Å². The summed E-state index contributed by atoms with van der Waals surface area (Å²) in [5, 5.41) is 19.7. The molecule has 112 valence electrons. The van der Waals surface area contributed by atoms with Crippen LogP contribution in [0.4, 0.5) is 0 Å². The van der Waals surface area contributed by atoms with Gasteiger partial charge in [0.2, 0.25) is 0 Å². The number of hydrogen-bond acceptors (Lipinski definition) is 5. The molecular formula is C16H18O4S. The third kappa shape index (κ3) is 4.90. The van der Waals surface area contributed by atoms with Crippen molar-refractivity contribution in [1.29, 1.82) is 0 Å². The first kappa shape index (κ1) is 15.6. The van der Waals surface area contributed by atoms with Gasteiger partial charge in [0.15, 0.2) is 0 Å². The van der Waals surface area contributed by atoms with Gasteiger partial charge in [-0.3, -0.25) is 0 Å². The fraction of sp³-hybridized carbons (Fsp3) is 0.250. The number of ether oxygens (including phenoxy) is 2. The average molecular weight is 306 g/mol. The van der Waals surface area contributed by atoms with Gasteiger partial charge in [0.1, 0.15) is 24.7 Å². The summed E-state index contributed by atoms with van der Waals surface area (Å²) in [5.74, 6) is 1.28. The molecule has 0 saturated heterocycles. The number of hydrogen-bond donors (Lipinski definition) is 2. The SMILES string of the molecule is OCCOc1ccc(/C=C/c2cccs2)c(OCCO)c1. The molecule has 21 heavy (non-hydrogen) atoms. The Kier molecular flexibility index (Phi) is 6.27. The minimum Gasteiger partial charge on any atom is -0.491 e. The second-order valence-corrected chi connectivity index (χ2v) is 5.17. The first-order chi connectivity index (χ1) is 10.3. The fourth-order valence-corrected chi connectivity index (χ4v) is 2.36. The van der Waals surface area contributed by atoms with Crippen LogP contribution in [-0.2, 0) is 0 Å². The molecule has 2 N–H and O–H groups in total. The van der Waals surface area contributed by atoms with E-state index in [0.29, 0.717) is 11.5 Å². The maximum absolute atomic E-state index is 8.90. The molecule has 0 radical (unpaired) electrons. The minimum absolute atomic E-state index is 0.0349. The highest BCUT2D eigenvalue weighted by atomic mass is 32.1. The Morgan fingerprint density at radius 1 is 1.00 bits per heavy atom. The summed E-state index contributed by atoms with van der Waals surface area (Å²) in [6.45, 7) is 0.385. The van der Waals surface area contributed by atoms with Gasteiger partial charge in [0, 0.05) is 16.5 Å². The highest BCUT2D eigenvalue weighted by Crippen LogP contribution is 2.27. The molecule has 0 unspecified atom stereocenters. The zero-order valence-electron chi connectivity index (χ0n) is 11.6. The van der Waals surface area contributed by atoms with Gasteiger partial charge in [-0.25, -0.2) is 0 Å². The van der Waals surface area contributed by atoms with Crippen LogP contribution in [0, 0.1) is 0 Å². The van der Waals surface area contributed by atoms with Crippen LogP contribution in [-0.4, -0.2) is 36.6 Å². The quantitative estimate of drug-likeness (QED) is 0.787. The number of aliphatic hydroxyl groups is 2. The van der Waals surface area contributed by atoms with E-state index in [1.165, 1.54) is 0 Å². The van der Waals surface area contributed by atoms with Crippen LogP contribution in [0.25, 0.3) is 12.2 Å². The Hall–Kier alpha value is -1.82. The van der Waals surface area contributed by atoms with Crippen LogP contribution >= 0.6 is 11.3 Å². The van der Waals surface area contributed by atoms with Gasteiger partial charge < -0.3 is 19.7 Å². The predicted molar refractivity (Wildman–Crippen MR) is 84.9 cm³/mol. The molecule has 0 amide bonds. The molecule has 0 aliphatic heterocycles. The summed E-state index contributed by atoms with van der Waals surface area (Å²) in [4.78, 5) is 1.16. The Balaban J connectivity index is 2.17. The van der Waals surface area contributed by atoms with Gasteiger partial charge in [-0.1, -0.05) is 6.07 Å². The summed E-state index contributed by atoms with van der Waals surface area (Å²) in [6.07, 6.45) is 3.98. The molecule has 0 atom stereocenters. The van der Waals surface area contributed by atoms with Crippen molar-refractivity contribution in [3.05, 3.63) is 46.2 Å². The van der Waals surface area contributed by atoms with Crippen molar-refractivity contribution in [3.63, 3.8) is 0 Å². The van der Waals surface area contributed by atoms with Crippen LogP contribution < -0.4 is 9.47 Å². The smallest absolute Gasteiger partial charge is 0.130 e. The van der Waals surface area contributed by atoms with Crippen molar-refractivity contribution >= 4 is 23.5 Å². The third-order valence-corrected chi connectivity index (χ3v) is 3.50. The molecule has 0 aliphatic rings. The molecule has 0 saturated carbocycles. The number of benzene rings is 1. The van der Waals surface area contributed by atoms with Crippen molar-refractivity contribution in [2.45, 2.75) is 0 Å². The van der Waals surface area contributed by atoms with Gasteiger partial charge in [-0.05, 0) is 35.7 Å². The van der Waals surface area contributed by atoms with Crippen molar-refractivity contribution in [3.8, 4) is 11.5 Å². The molecule has 0 spiro atoms. The predicted octanol–water partition coefficient (Wildman–Crippen LogP) is 2.66. The van der Waals surface area contributed by atoms with E-state index < -0.39 is 0 Å². The molecule has 0 aliphatic carbocycles. The topological polar surface area (TPSA) is 58.9 Å². The Morgan fingerprint density at radius 2 is 1.81 bits per heavy atom. The Bertz CT molecular complexity index is 564. The summed E-state index contributed by atoms with van der Waals surface area (Å²) in [6, 6.07) is 9.52. The fourth-order valence-electron chi connectivity index (χ4n) is 1.74. The normalized spacial score (nSPS) is 11.0. The second kappa shape index (κ2) is 8.46. The van der Waals surface area contributed by atoms with E-state index in [9.17, 15) is 0 Å². The number of aliphatic hydroxyl groups excluding tert-OH is 2. The zero-order chi connectivity index (χ0) is 14.9. The second-order valence-electron chi connectivity index (χ2n) is 4.19. The van der Waals surface area contributed by atoms with Crippen LogP contribution in [0.2, 0.25) is 0 Å². The van der Waals surface area contributed by atoms with E-state index in [1.54, 1.807) is 17.4 Å². The summed E-state index contributed by atoms with van der Waals surface area (Å²) in [5.41, 5.74) is 0.910. The maximum atomic E-state index is 8.90. The third-order valence-electron chi connectivity index (χ3n) is 2.66. The zero-order valence-corrected chi connectivity index (χ0v) is 12.4. The first-order valence-corrected chi connectivity index (χ1v) is 7.54. The molecule has 5 heteroatoms. The largest absolute Gasteiger partial charge is 0.491 e. The standard InChI is InChI=1S/C16H18O4S/c17-7-9-19-14-5-3-13(16(12-14)20-10-8-18)4-6-15-2-1-11-21-15/h1-6,11-12,17-18H,7-10H2/b6-4+. The lowest BCUT2D eigenvalue weighted by molar-refractivity contribution is 0.194. The van der Waals surface area contributed by atoms with Gasteiger partial charge in [0.05, 0.1) is 13.2 Å². The molecule has 2 aromatic rings. The van der Waals surface area contributed by atoms with E-state index in [4.69, 9.17) is 19.7 Å². The lowest BCUT2D eigenvalue weighted by atomic mass is 10.1. The average Bonchev–Trinajstić information content (AvgIpc) is 3.03. The van der Waals surface area contributed by atoms with E-state index in [2.05, 4.69) is 0 Å². The van der Waals surface area contributed by atoms with Crippen molar-refractivity contribution in [2.75, 3.05) is 26.4 Å². The van der Waals surface area contributed by atoms with Gasteiger partial charge in [-0.15, -0.1) is 11.3 Å². The maximum Gasteiger partial charge on any atom is 0.130 e. The highest BCUT2D eigenvalue weighted by molar-refractivity contribution is 7.10. The van der Waals surface area contributed by atoms with Crippen LogP contribution in [0.15, 0.2) is 35.7 Å². The van der Waals surface area contributed by atoms with E-state index in [-0.39, 0.29) is 26.4 Å². The van der Waals surface area contributed by atoms with E-state index >= 15 is 0 Å². The number of rotatable bonds is 8. The first-order valence-electron chi connectivity index (χ1n) is 6.66. The van der Waals surface area contributed by atoms with Crippen LogP contribution in [0.3, 0.4) is 0 Å². The number of thiophene rings is 1. The molecule has 1 heterocycles. The molecular weight excluding hydrogens is 288 g/mol. The van der Waals surface area contributed by atoms with Crippen molar-refractivity contribution in [2.24, 2.45) is 0 Å². The van der Waals surface area contributed by atoms with Crippen molar-refractivity contribution < 1.29 is 19.7 Å². The summed E-state index contributed by atoms with van der Waals surface area (Å²) < 4.78 is 10.9. The lowest BCUT2D eigenvalue weighted by Crippen LogP contribution is -2.05. The molecule has 4 nitrogen and oxygen atoms in total. The molecule has 2 rings (SSSR count). The van der Waals surface area contributed by atoms with E-state index in [0.717, 1.165) is 10.4 Å². The summed E-state index contributed by atoms with van der Waals surface area (Å²) in [7, 11) is 0. The summed E-state index contributed by atoms with van der Waals surface area (Å²) >= 11 is 1.66. The molecule has 1 aromatic heterocycles. The van der Waals surface area contributed by atoms with Crippen LogP contribution in [0.1, 0.15) is 10.4 Å². The van der Waals surface area contributed by atoms with Crippen LogP contribution in [0.5, 0.6) is 11.5 Å². The molecule has 1 aromatic carbocycles. The lowest BCUT2D eigenvalue weighted by Gasteiger charge is -2.11. The van der Waals surface area contributed by atoms with Gasteiger partial charge in [-0.2, -0.15) is 0 Å². The van der Waals surface area contributed by atoms with Crippen molar-refractivity contribution in [1.82, 2.24) is 0 Å². The van der Waals surface area contributed by atoms with E-state index in [1.807, 2.05) is 41.8 Å². The molecule has 0 bridgehead atoms. The monoisotopic (exact) mass is 306 g/mol. The van der Waals surface area contributed by atoms with Gasteiger partial charge in [0.25, 0.3) is 0 Å². The Morgan fingerprint density at radius 3 is 2.52 bits per heavy atom. The highest BCUT2D eigenvalue weighted by Gasteiger charge is 2.04.